The molecule has 59 heavy (non-hydrogen) atoms. The third-order valence-electron chi connectivity index (χ3n) is 11.5. The van der Waals surface area contributed by atoms with Crippen molar-refractivity contribution >= 4 is 97.2 Å². The monoisotopic (exact) mass is 772 g/mol. The van der Waals surface area contributed by atoms with Crippen LogP contribution in [0.1, 0.15) is 0 Å². The predicted molar refractivity (Wildman–Crippen MR) is 242 cm³/mol. The van der Waals surface area contributed by atoms with E-state index in [0.717, 1.165) is 93.7 Å². The molecule has 8 aromatic carbocycles. The second-order valence-electron chi connectivity index (χ2n) is 15.0. The zero-order chi connectivity index (χ0) is 38.6. The smallest absolute Gasteiger partial charge is 0.180 e. The Balaban J connectivity index is 0.941. The molecular formula is C52H28N4O2S. The van der Waals surface area contributed by atoms with Gasteiger partial charge in [0.25, 0.3) is 0 Å². The molecule has 0 saturated carbocycles. The highest BCUT2D eigenvalue weighted by Gasteiger charge is 2.20. The minimum Gasteiger partial charge on any atom is -0.456 e. The predicted octanol–water partition coefficient (Wildman–Crippen LogP) is 14.4. The number of para-hydroxylation sites is 3. The minimum atomic E-state index is 0.625. The number of thiophene rings is 1. The molecular weight excluding hydrogens is 745 g/mol. The first-order chi connectivity index (χ1) is 29.2. The molecule has 0 aliphatic rings. The van der Waals surface area contributed by atoms with Crippen LogP contribution in [0.25, 0.3) is 131 Å². The molecule has 13 rings (SSSR count). The van der Waals surface area contributed by atoms with Crippen LogP contribution in [-0.2, 0) is 0 Å². The summed E-state index contributed by atoms with van der Waals surface area (Å²) in [5.41, 5.74) is 10.3. The van der Waals surface area contributed by atoms with E-state index in [0.29, 0.717) is 17.2 Å². The van der Waals surface area contributed by atoms with Crippen LogP contribution in [0, 0.1) is 0 Å². The molecule has 0 radical (unpaired) electrons. The van der Waals surface area contributed by atoms with Crippen LogP contribution in [0.2, 0.25) is 0 Å². The molecule has 0 saturated heterocycles. The zero-order valence-electron chi connectivity index (χ0n) is 31.2. The quantitative estimate of drug-likeness (QED) is 0.177. The Morgan fingerprint density at radius 2 is 0.949 bits per heavy atom. The third-order valence-corrected chi connectivity index (χ3v) is 12.6. The first-order valence-electron chi connectivity index (χ1n) is 19.5. The van der Waals surface area contributed by atoms with Crippen molar-refractivity contribution in [1.29, 1.82) is 0 Å². The average Bonchev–Trinajstić information content (AvgIpc) is 3.99. The van der Waals surface area contributed by atoms with E-state index in [1.165, 1.54) is 20.2 Å². The SMILES string of the molecule is c1ccc2c(-c3ccc4cc(-c5nc(-c6ccc7oc8ccccc8c7c6)nc6c5oc5ccccc56)ccc4c3)nc(-c3ccc4c(c3)sc3ccccc34)nc2c1. The fourth-order valence-electron chi connectivity index (χ4n) is 8.61. The van der Waals surface area contributed by atoms with Gasteiger partial charge in [0.15, 0.2) is 17.2 Å². The van der Waals surface area contributed by atoms with Crippen LogP contribution < -0.4 is 0 Å². The highest BCUT2D eigenvalue weighted by Crippen LogP contribution is 2.40. The van der Waals surface area contributed by atoms with E-state index >= 15 is 0 Å². The average molecular weight is 773 g/mol. The van der Waals surface area contributed by atoms with E-state index in [2.05, 4.69) is 115 Å². The van der Waals surface area contributed by atoms with E-state index in [1.54, 1.807) is 11.3 Å². The van der Waals surface area contributed by atoms with Crippen molar-refractivity contribution in [2.45, 2.75) is 0 Å². The molecule has 0 fully saturated rings. The zero-order valence-corrected chi connectivity index (χ0v) is 32.0. The molecule has 7 heteroatoms. The fourth-order valence-corrected chi connectivity index (χ4v) is 9.76. The van der Waals surface area contributed by atoms with Gasteiger partial charge in [0.05, 0.1) is 11.2 Å². The summed E-state index contributed by atoms with van der Waals surface area (Å²) in [6, 6.07) is 58.8. The Morgan fingerprint density at radius 1 is 0.356 bits per heavy atom. The summed E-state index contributed by atoms with van der Waals surface area (Å²) >= 11 is 1.80. The van der Waals surface area contributed by atoms with Gasteiger partial charge in [-0.2, -0.15) is 0 Å². The molecule has 13 aromatic rings. The van der Waals surface area contributed by atoms with Gasteiger partial charge >= 0.3 is 0 Å². The number of fused-ring (bicyclic) bond motifs is 11. The van der Waals surface area contributed by atoms with Crippen LogP contribution in [0.5, 0.6) is 0 Å². The van der Waals surface area contributed by atoms with Crippen molar-refractivity contribution in [2.75, 3.05) is 0 Å². The van der Waals surface area contributed by atoms with Gasteiger partial charge in [-0.1, -0.05) is 103 Å². The van der Waals surface area contributed by atoms with Gasteiger partial charge in [0.2, 0.25) is 0 Å². The van der Waals surface area contributed by atoms with Gasteiger partial charge in [-0.05, 0) is 77.5 Å². The molecule has 0 unspecified atom stereocenters. The first kappa shape index (κ1) is 32.4. The van der Waals surface area contributed by atoms with Crippen molar-refractivity contribution in [1.82, 2.24) is 19.9 Å². The molecule has 0 spiro atoms. The lowest BCUT2D eigenvalue weighted by atomic mass is 9.99. The Labute approximate surface area is 339 Å². The second kappa shape index (κ2) is 12.4. The van der Waals surface area contributed by atoms with Gasteiger partial charge in [-0.3, -0.25) is 0 Å². The topological polar surface area (TPSA) is 77.8 Å². The van der Waals surface area contributed by atoms with Crippen molar-refractivity contribution in [3.63, 3.8) is 0 Å². The first-order valence-corrected chi connectivity index (χ1v) is 20.3. The fraction of sp³-hybridized carbons (Fsp3) is 0. The molecule has 274 valence electrons. The van der Waals surface area contributed by atoms with Gasteiger partial charge in [0.1, 0.15) is 28.0 Å². The Bertz CT molecular complexity index is 3880. The lowest BCUT2D eigenvalue weighted by Crippen LogP contribution is -1.95. The molecule has 5 aromatic heterocycles. The number of rotatable bonds is 4. The lowest BCUT2D eigenvalue weighted by Gasteiger charge is -2.11. The summed E-state index contributed by atoms with van der Waals surface area (Å²) in [4.78, 5) is 20.7. The van der Waals surface area contributed by atoms with Crippen LogP contribution in [-0.4, -0.2) is 19.9 Å². The van der Waals surface area contributed by atoms with Crippen molar-refractivity contribution < 1.29 is 8.83 Å². The summed E-state index contributed by atoms with van der Waals surface area (Å²) in [6.45, 7) is 0. The largest absolute Gasteiger partial charge is 0.456 e. The maximum Gasteiger partial charge on any atom is 0.180 e. The van der Waals surface area contributed by atoms with E-state index in [-0.39, 0.29) is 0 Å². The number of furan rings is 2. The second-order valence-corrected chi connectivity index (χ2v) is 16.1. The molecule has 0 atom stereocenters. The molecule has 0 amide bonds. The molecule has 0 bridgehead atoms. The standard InChI is InChI=1S/C52H28N4O2S/c1-5-13-41-38(11-1)47(54-51(53-41)34-21-23-37-36-10-4-8-16-45(36)59-46(37)28-34)31-19-17-30-26-32(20-18-29(30)25-31)48-50-49(39-12-3-7-15-43(39)58-50)56-52(55-48)33-22-24-44-40(27-33)35-9-2-6-14-42(35)57-44/h1-28H. The Kier molecular flexibility index (Phi) is 6.79. The van der Waals surface area contributed by atoms with Crippen LogP contribution in [0.15, 0.2) is 179 Å². The molecule has 6 nitrogen and oxygen atoms in total. The lowest BCUT2D eigenvalue weighted by molar-refractivity contribution is 0.667. The van der Waals surface area contributed by atoms with Gasteiger partial charge < -0.3 is 8.83 Å². The van der Waals surface area contributed by atoms with E-state index in [9.17, 15) is 0 Å². The third kappa shape index (κ3) is 5.05. The number of hydrogen-bond acceptors (Lipinski definition) is 7. The summed E-state index contributed by atoms with van der Waals surface area (Å²) in [7, 11) is 0. The number of nitrogens with zero attached hydrogens (tertiary/aromatic N) is 4. The van der Waals surface area contributed by atoms with Gasteiger partial charge in [-0.25, -0.2) is 19.9 Å². The van der Waals surface area contributed by atoms with Crippen molar-refractivity contribution in [3.8, 4) is 45.3 Å². The van der Waals surface area contributed by atoms with Crippen LogP contribution >= 0.6 is 11.3 Å². The summed E-state index contributed by atoms with van der Waals surface area (Å²) < 4.78 is 15.2. The van der Waals surface area contributed by atoms with Gasteiger partial charge in [0, 0.05) is 64.0 Å². The maximum atomic E-state index is 6.51. The van der Waals surface area contributed by atoms with Gasteiger partial charge in [-0.15, -0.1) is 11.3 Å². The normalized spacial score (nSPS) is 12.1. The number of hydrogen-bond donors (Lipinski definition) is 0. The summed E-state index contributed by atoms with van der Waals surface area (Å²) in [5, 5.41) is 8.77. The number of aromatic nitrogens is 4. The van der Waals surface area contributed by atoms with E-state index in [4.69, 9.17) is 28.8 Å². The van der Waals surface area contributed by atoms with Crippen molar-refractivity contribution in [3.05, 3.63) is 170 Å². The highest BCUT2D eigenvalue weighted by atomic mass is 32.1. The molecule has 0 N–H and O–H groups in total. The highest BCUT2D eigenvalue weighted by molar-refractivity contribution is 7.25. The van der Waals surface area contributed by atoms with E-state index in [1.807, 2.05) is 54.6 Å². The Morgan fingerprint density at radius 3 is 1.80 bits per heavy atom. The Hall–Kier alpha value is -7.74. The maximum absolute atomic E-state index is 6.51. The van der Waals surface area contributed by atoms with Crippen molar-refractivity contribution in [2.24, 2.45) is 0 Å². The number of benzene rings is 8. The summed E-state index contributed by atoms with van der Waals surface area (Å²) in [6.07, 6.45) is 0. The minimum absolute atomic E-state index is 0.625. The molecule has 0 aliphatic carbocycles. The molecule has 0 aliphatic heterocycles. The van der Waals surface area contributed by atoms with E-state index < -0.39 is 0 Å². The van der Waals surface area contributed by atoms with Crippen LogP contribution in [0.3, 0.4) is 0 Å². The van der Waals surface area contributed by atoms with Crippen LogP contribution in [0.4, 0.5) is 0 Å². The molecule has 5 heterocycles. The summed E-state index contributed by atoms with van der Waals surface area (Å²) in [5.74, 6) is 1.34.